The van der Waals surface area contributed by atoms with Crippen molar-refractivity contribution >= 4 is 8.80 Å². The van der Waals surface area contributed by atoms with Crippen LogP contribution in [0.3, 0.4) is 0 Å². The molecule has 4 N–H and O–H groups in total. The van der Waals surface area contributed by atoms with Gasteiger partial charge in [-0.05, 0) is 6.92 Å². The van der Waals surface area contributed by atoms with Crippen LogP contribution >= 0.6 is 0 Å². The molecule has 0 fully saturated rings. The van der Waals surface area contributed by atoms with Gasteiger partial charge in [0.05, 0.1) is 0 Å². The monoisotopic (exact) mass is 180 g/mol. The normalized spacial score (nSPS) is 12.0. The summed E-state index contributed by atoms with van der Waals surface area (Å²) in [5.74, 6) is 10.0. The molecular formula is C5H16N2O3Si. The van der Waals surface area contributed by atoms with E-state index in [1.54, 1.807) is 0 Å². The fraction of sp³-hybridized carbons (Fsp3) is 1.00. The van der Waals surface area contributed by atoms with Gasteiger partial charge in [0.15, 0.2) is 0 Å². The molecule has 0 unspecified atom stereocenters. The summed E-state index contributed by atoms with van der Waals surface area (Å²) in [6.07, 6.45) is 0.876. The Bertz CT molecular complexity index is 91.7. The van der Waals surface area contributed by atoms with E-state index in [-0.39, 0.29) is 0 Å². The molecule has 0 saturated carbocycles. The van der Waals surface area contributed by atoms with Crippen LogP contribution in [0.25, 0.3) is 0 Å². The first-order valence-electron chi connectivity index (χ1n) is 3.64. The Balaban J connectivity index is 3.96. The second-order valence-corrected chi connectivity index (χ2v) is 4.73. The molecule has 0 bridgehead atoms. The van der Waals surface area contributed by atoms with Crippen LogP contribution < -0.4 is 11.8 Å². The zero-order valence-electron chi connectivity index (χ0n) is 7.00. The highest BCUT2D eigenvalue weighted by Gasteiger charge is 2.39. The molecule has 11 heavy (non-hydrogen) atoms. The minimum absolute atomic E-state index is 0.501. The lowest BCUT2D eigenvalue weighted by Crippen LogP contribution is -2.49. The predicted molar refractivity (Wildman–Crippen MR) is 43.0 cm³/mol. The van der Waals surface area contributed by atoms with Gasteiger partial charge in [-0.1, -0.05) is 13.3 Å². The van der Waals surface area contributed by atoms with Crippen molar-refractivity contribution < 1.29 is 13.5 Å². The largest absolute Gasteiger partial charge is 0.534 e. The SMILES string of the molecule is CCC[Si](ON)(ON)OCC. The van der Waals surface area contributed by atoms with Crippen molar-refractivity contribution in [1.29, 1.82) is 0 Å². The molecule has 0 aliphatic heterocycles. The highest BCUT2D eigenvalue weighted by molar-refractivity contribution is 6.60. The van der Waals surface area contributed by atoms with Crippen LogP contribution in [0.1, 0.15) is 20.3 Å². The van der Waals surface area contributed by atoms with Gasteiger partial charge in [0, 0.05) is 12.7 Å². The van der Waals surface area contributed by atoms with Crippen LogP contribution in [0.2, 0.25) is 6.04 Å². The van der Waals surface area contributed by atoms with Gasteiger partial charge in [-0.3, -0.25) is 9.05 Å². The van der Waals surface area contributed by atoms with Crippen molar-refractivity contribution in [3.8, 4) is 0 Å². The average molecular weight is 180 g/mol. The molecular weight excluding hydrogens is 164 g/mol. The van der Waals surface area contributed by atoms with Gasteiger partial charge >= 0.3 is 8.80 Å². The molecule has 0 aromatic heterocycles. The Morgan fingerprint density at radius 2 is 1.73 bits per heavy atom. The van der Waals surface area contributed by atoms with Gasteiger partial charge in [0.25, 0.3) is 0 Å². The first-order chi connectivity index (χ1) is 5.24. The van der Waals surface area contributed by atoms with E-state index < -0.39 is 8.80 Å². The molecule has 0 rings (SSSR count). The van der Waals surface area contributed by atoms with E-state index in [1.807, 2.05) is 13.8 Å². The highest BCUT2D eigenvalue weighted by Crippen LogP contribution is 2.12. The lowest BCUT2D eigenvalue weighted by Gasteiger charge is -2.23. The van der Waals surface area contributed by atoms with Crippen LogP contribution in [0.5, 0.6) is 0 Å². The third-order valence-corrected chi connectivity index (χ3v) is 3.84. The van der Waals surface area contributed by atoms with Crippen molar-refractivity contribution in [2.45, 2.75) is 26.3 Å². The minimum atomic E-state index is -2.69. The topological polar surface area (TPSA) is 79.7 Å². The summed E-state index contributed by atoms with van der Waals surface area (Å²) in [5, 5.41) is 0. The maximum absolute atomic E-state index is 5.21. The molecule has 0 amide bonds. The molecule has 6 heteroatoms. The van der Waals surface area contributed by atoms with Crippen molar-refractivity contribution in [1.82, 2.24) is 0 Å². The van der Waals surface area contributed by atoms with Gasteiger partial charge in [0.2, 0.25) is 0 Å². The smallest absolute Gasteiger partial charge is 0.372 e. The first kappa shape index (κ1) is 11.0. The molecule has 0 spiro atoms. The van der Waals surface area contributed by atoms with Crippen molar-refractivity contribution in [2.75, 3.05) is 6.61 Å². The average Bonchev–Trinajstić information content (AvgIpc) is 2.04. The second kappa shape index (κ2) is 5.64. The lowest BCUT2D eigenvalue weighted by atomic mass is 10.6. The quantitative estimate of drug-likeness (QED) is 0.449. The van der Waals surface area contributed by atoms with Gasteiger partial charge in [-0.15, -0.1) is 0 Å². The maximum atomic E-state index is 5.21. The molecule has 0 radical (unpaired) electrons. The van der Waals surface area contributed by atoms with E-state index in [1.165, 1.54) is 0 Å². The van der Waals surface area contributed by atoms with Gasteiger partial charge in [-0.2, -0.15) is 0 Å². The Labute approximate surface area is 67.9 Å². The zero-order valence-corrected chi connectivity index (χ0v) is 8.00. The van der Waals surface area contributed by atoms with Gasteiger partial charge < -0.3 is 4.43 Å². The third kappa shape index (κ3) is 3.28. The fourth-order valence-electron chi connectivity index (χ4n) is 0.812. The van der Waals surface area contributed by atoms with Crippen LogP contribution in [0.4, 0.5) is 0 Å². The predicted octanol–water partition coefficient (Wildman–Crippen LogP) is 0.152. The molecule has 0 aliphatic carbocycles. The van der Waals surface area contributed by atoms with Crippen LogP contribution in [0, 0.1) is 0 Å². The summed E-state index contributed by atoms with van der Waals surface area (Å²) < 4.78 is 14.5. The summed E-state index contributed by atoms with van der Waals surface area (Å²) in [4.78, 5) is 0. The van der Waals surface area contributed by atoms with Crippen LogP contribution in [-0.4, -0.2) is 15.4 Å². The summed E-state index contributed by atoms with van der Waals surface area (Å²) in [5.41, 5.74) is 0. The number of nitrogens with two attached hydrogens (primary N) is 2. The maximum Gasteiger partial charge on any atom is 0.534 e. The second-order valence-electron chi connectivity index (χ2n) is 2.10. The Kier molecular flexibility index (Phi) is 5.65. The fourth-order valence-corrected chi connectivity index (χ4v) is 2.44. The first-order valence-corrected chi connectivity index (χ1v) is 5.57. The lowest BCUT2D eigenvalue weighted by molar-refractivity contribution is 0.0628. The molecule has 0 heterocycles. The molecule has 0 aromatic rings. The standard InChI is InChI=1S/C5H16N2O3Si/c1-3-5-11(9-6,10-7)8-4-2/h3-7H2,1-2H3. The molecule has 5 nitrogen and oxygen atoms in total. The Hall–Kier alpha value is 0.0169. The molecule has 0 saturated heterocycles. The van der Waals surface area contributed by atoms with E-state index in [9.17, 15) is 0 Å². The Morgan fingerprint density at radius 3 is 2.00 bits per heavy atom. The number of hydrogen-bond donors (Lipinski definition) is 2. The summed E-state index contributed by atoms with van der Waals surface area (Å²) in [6, 6.07) is 0.647. The van der Waals surface area contributed by atoms with Crippen molar-refractivity contribution in [2.24, 2.45) is 11.8 Å². The summed E-state index contributed by atoms with van der Waals surface area (Å²) >= 11 is 0. The van der Waals surface area contributed by atoms with Crippen molar-refractivity contribution in [3.63, 3.8) is 0 Å². The highest BCUT2D eigenvalue weighted by atomic mass is 28.4. The van der Waals surface area contributed by atoms with Crippen LogP contribution in [0.15, 0.2) is 0 Å². The van der Waals surface area contributed by atoms with Crippen LogP contribution in [-0.2, 0) is 13.5 Å². The van der Waals surface area contributed by atoms with E-state index in [0.29, 0.717) is 12.7 Å². The molecule has 0 atom stereocenters. The summed E-state index contributed by atoms with van der Waals surface area (Å²) in [6.45, 7) is 4.33. The third-order valence-electron chi connectivity index (χ3n) is 1.28. The van der Waals surface area contributed by atoms with E-state index in [0.717, 1.165) is 6.42 Å². The number of rotatable bonds is 6. The molecule has 68 valence electrons. The van der Waals surface area contributed by atoms with Gasteiger partial charge in [0.1, 0.15) is 0 Å². The minimum Gasteiger partial charge on any atom is -0.372 e. The zero-order chi connectivity index (χ0) is 8.74. The Morgan fingerprint density at radius 1 is 1.18 bits per heavy atom. The van der Waals surface area contributed by atoms with Gasteiger partial charge in [-0.25, -0.2) is 11.8 Å². The van der Waals surface area contributed by atoms with E-state index >= 15 is 0 Å². The van der Waals surface area contributed by atoms with Crippen molar-refractivity contribution in [3.05, 3.63) is 0 Å². The van der Waals surface area contributed by atoms with E-state index in [4.69, 9.17) is 16.2 Å². The number of hydrogen-bond acceptors (Lipinski definition) is 5. The summed E-state index contributed by atoms with van der Waals surface area (Å²) in [7, 11) is -2.69. The molecule has 0 aromatic carbocycles. The van der Waals surface area contributed by atoms with E-state index in [2.05, 4.69) is 9.05 Å². The molecule has 0 aliphatic rings.